The second-order valence-electron chi connectivity index (χ2n) is 8.58. The van der Waals surface area contributed by atoms with E-state index in [0.717, 1.165) is 7.11 Å². The number of hydrogen-bond acceptors (Lipinski definition) is 8. The molecule has 0 bridgehead atoms. The first kappa shape index (κ1) is 27.1. The Morgan fingerprint density at radius 2 is 1.75 bits per heavy atom. The van der Waals surface area contributed by atoms with Gasteiger partial charge >= 0.3 is 12.1 Å². The number of amides is 4. The molecule has 0 radical (unpaired) electrons. The fourth-order valence-electron chi connectivity index (χ4n) is 3.06. The Morgan fingerprint density at radius 3 is 2.28 bits per heavy atom. The van der Waals surface area contributed by atoms with Gasteiger partial charge in [-0.25, -0.2) is 9.59 Å². The van der Waals surface area contributed by atoms with E-state index in [1.54, 1.807) is 20.8 Å². The van der Waals surface area contributed by atoms with Gasteiger partial charge in [0.2, 0.25) is 17.7 Å². The van der Waals surface area contributed by atoms with Crippen molar-refractivity contribution in [2.45, 2.75) is 77.3 Å². The predicted octanol–water partition coefficient (Wildman–Crippen LogP) is -0.955. The molecule has 1 unspecified atom stereocenters. The number of carbonyl (C=O) groups excluding carboxylic acids is 5. The minimum atomic E-state index is -1.28. The van der Waals surface area contributed by atoms with Crippen molar-refractivity contribution in [1.29, 1.82) is 0 Å². The molecular formula is C20H34N4O8. The monoisotopic (exact) mass is 458 g/mol. The molecule has 12 nitrogen and oxygen atoms in total. The first-order valence-electron chi connectivity index (χ1n) is 10.4. The van der Waals surface area contributed by atoms with Crippen molar-refractivity contribution in [1.82, 2.24) is 20.9 Å². The molecule has 1 rings (SSSR count). The zero-order valence-electron chi connectivity index (χ0n) is 19.4. The van der Waals surface area contributed by atoms with Gasteiger partial charge in [-0.05, 0) is 47.5 Å². The smallest absolute Gasteiger partial charge is 0.408 e. The first-order valence-corrected chi connectivity index (χ1v) is 10.4. The lowest BCUT2D eigenvalue weighted by molar-refractivity contribution is -0.148. The quantitative estimate of drug-likeness (QED) is 0.338. The second kappa shape index (κ2) is 11.7. The molecule has 1 aliphatic heterocycles. The lowest BCUT2D eigenvalue weighted by atomic mass is 10.1. The number of ether oxygens (including phenoxy) is 2. The Kier molecular flexibility index (Phi) is 9.88. The van der Waals surface area contributed by atoms with E-state index >= 15 is 0 Å². The highest BCUT2D eigenvalue weighted by Crippen LogP contribution is 2.17. The summed E-state index contributed by atoms with van der Waals surface area (Å²) >= 11 is 0. The summed E-state index contributed by atoms with van der Waals surface area (Å²) in [6.45, 7) is 7.82. The molecule has 12 heteroatoms. The molecule has 0 aromatic heterocycles. The first-order chi connectivity index (χ1) is 14.8. The second-order valence-corrected chi connectivity index (χ2v) is 8.58. The highest BCUT2D eigenvalue weighted by Gasteiger charge is 2.36. The third-order valence-electron chi connectivity index (χ3n) is 4.65. The Hall–Kier alpha value is -2.89. The van der Waals surface area contributed by atoms with Crippen LogP contribution in [0.3, 0.4) is 0 Å². The molecule has 1 heterocycles. The third kappa shape index (κ3) is 8.33. The van der Waals surface area contributed by atoms with E-state index in [2.05, 4.69) is 20.7 Å². The number of hydrogen-bond donors (Lipinski definition) is 4. The number of aliphatic hydroxyl groups is 1. The molecule has 1 aliphatic rings. The maximum atomic E-state index is 12.7. The van der Waals surface area contributed by atoms with E-state index < -0.39 is 59.6 Å². The summed E-state index contributed by atoms with van der Waals surface area (Å²) in [5.74, 6) is -2.51. The largest absolute Gasteiger partial charge is 0.467 e. The van der Waals surface area contributed by atoms with Crippen molar-refractivity contribution in [3.63, 3.8) is 0 Å². The number of nitrogens with one attached hydrogen (secondary N) is 3. The molecule has 32 heavy (non-hydrogen) atoms. The van der Waals surface area contributed by atoms with Crippen molar-refractivity contribution in [3.8, 4) is 0 Å². The molecule has 0 saturated carbocycles. The molecule has 0 aromatic rings. The number of carbonyl (C=O) groups is 5. The minimum Gasteiger partial charge on any atom is -0.467 e. The van der Waals surface area contributed by atoms with Crippen LogP contribution in [0, 0.1) is 0 Å². The van der Waals surface area contributed by atoms with E-state index in [1.807, 2.05) is 0 Å². The minimum absolute atomic E-state index is 0.329. The molecule has 4 N–H and O–H groups in total. The zero-order chi connectivity index (χ0) is 24.6. The van der Waals surface area contributed by atoms with Gasteiger partial charge in [0, 0.05) is 6.54 Å². The number of likely N-dealkylation sites (tertiary alicyclic amines) is 1. The van der Waals surface area contributed by atoms with Crippen LogP contribution in [0.4, 0.5) is 4.79 Å². The Balaban J connectivity index is 2.65. The van der Waals surface area contributed by atoms with E-state index in [0.29, 0.717) is 19.4 Å². The average molecular weight is 459 g/mol. The number of rotatable bonds is 8. The zero-order valence-corrected chi connectivity index (χ0v) is 19.4. The normalized spacial score (nSPS) is 18.7. The Morgan fingerprint density at radius 1 is 1.12 bits per heavy atom. The van der Waals surface area contributed by atoms with Crippen LogP contribution >= 0.6 is 0 Å². The van der Waals surface area contributed by atoms with Crippen molar-refractivity contribution < 1.29 is 38.6 Å². The number of alkyl carbamates (subject to hydrolysis) is 1. The predicted molar refractivity (Wildman–Crippen MR) is 112 cm³/mol. The van der Waals surface area contributed by atoms with Crippen molar-refractivity contribution in [2.24, 2.45) is 0 Å². The highest BCUT2D eigenvalue weighted by molar-refractivity contribution is 5.94. The third-order valence-corrected chi connectivity index (χ3v) is 4.65. The van der Waals surface area contributed by atoms with Crippen LogP contribution in [0.1, 0.15) is 47.5 Å². The van der Waals surface area contributed by atoms with Crippen LogP contribution in [0.15, 0.2) is 0 Å². The molecule has 1 fully saturated rings. The molecular weight excluding hydrogens is 424 g/mol. The van der Waals surface area contributed by atoms with E-state index in [4.69, 9.17) is 4.74 Å². The summed E-state index contributed by atoms with van der Waals surface area (Å²) in [4.78, 5) is 62.3. The van der Waals surface area contributed by atoms with Crippen LogP contribution in [0.25, 0.3) is 0 Å². The van der Waals surface area contributed by atoms with Crippen LogP contribution in [0.2, 0.25) is 0 Å². The van der Waals surface area contributed by atoms with Gasteiger partial charge in [-0.15, -0.1) is 0 Å². The maximum absolute atomic E-state index is 12.7. The van der Waals surface area contributed by atoms with Gasteiger partial charge in [-0.1, -0.05) is 0 Å². The summed E-state index contributed by atoms with van der Waals surface area (Å²) < 4.78 is 9.62. The van der Waals surface area contributed by atoms with Gasteiger partial charge < -0.3 is 35.4 Å². The lowest BCUT2D eigenvalue weighted by Crippen LogP contribution is -2.56. The summed E-state index contributed by atoms with van der Waals surface area (Å²) in [7, 11) is 1.12. The van der Waals surface area contributed by atoms with Crippen LogP contribution in [-0.4, -0.2) is 89.8 Å². The summed E-state index contributed by atoms with van der Waals surface area (Å²) in [5.41, 5.74) is -0.708. The molecule has 0 spiro atoms. The maximum Gasteiger partial charge on any atom is 0.408 e. The van der Waals surface area contributed by atoms with Crippen molar-refractivity contribution in [2.75, 3.05) is 20.2 Å². The molecule has 4 atom stereocenters. The Bertz CT molecular complexity index is 719. The van der Waals surface area contributed by atoms with Gasteiger partial charge in [-0.2, -0.15) is 0 Å². The summed E-state index contributed by atoms with van der Waals surface area (Å²) in [6, 6.07) is -3.12. The fraction of sp³-hybridized carbons (Fsp3) is 0.750. The average Bonchev–Trinajstić information content (AvgIpc) is 3.17. The van der Waals surface area contributed by atoms with Crippen LogP contribution < -0.4 is 16.0 Å². The molecule has 4 amide bonds. The van der Waals surface area contributed by atoms with Gasteiger partial charge in [0.1, 0.15) is 24.2 Å². The van der Waals surface area contributed by atoms with Gasteiger partial charge in [0.15, 0.2) is 6.04 Å². The Labute approximate surface area is 187 Å². The molecule has 0 aliphatic carbocycles. The fourth-order valence-corrected chi connectivity index (χ4v) is 3.06. The number of nitrogens with zero attached hydrogens (tertiary/aromatic N) is 1. The van der Waals surface area contributed by atoms with E-state index in [-0.39, 0.29) is 6.54 Å². The van der Waals surface area contributed by atoms with Crippen molar-refractivity contribution in [3.05, 3.63) is 0 Å². The van der Waals surface area contributed by atoms with Crippen molar-refractivity contribution >= 4 is 29.8 Å². The molecule has 182 valence electrons. The summed E-state index contributed by atoms with van der Waals surface area (Å²) in [6.07, 6.45) is -0.954. The van der Waals surface area contributed by atoms with E-state index in [9.17, 15) is 29.1 Å². The lowest BCUT2D eigenvalue weighted by Gasteiger charge is -2.26. The molecule has 1 saturated heterocycles. The van der Waals surface area contributed by atoms with E-state index in [1.165, 1.54) is 18.7 Å². The number of methoxy groups -OCH3 is 1. The number of aliphatic hydroxyl groups excluding tert-OH is 1. The van der Waals surface area contributed by atoms with Crippen LogP contribution in [0.5, 0.6) is 0 Å². The highest BCUT2D eigenvalue weighted by atomic mass is 16.6. The standard InChI is InChI=1S/C20H34N4O8/c1-11(16(27)23-15(12(2)25)18(29)31-6)22-17(28)13-8-7-9-24(13)14(26)10-21-19(30)32-20(3,4)5/h11-13,15,25H,7-10H2,1-6H3,(H,21,30)(H,22,28)(H,23,27)/t11-,12?,13-,15-/m0/s1. The van der Waals surface area contributed by atoms with Gasteiger partial charge in [0.25, 0.3) is 0 Å². The molecule has 0 aromatic carbocycles. The van der Waals surface area contributed by atoms with Gasteiger partial charge in [0.05, 0.1) is 13.2 Å². The SMILES string of the molecule is COC(=O)[C@@H](NC(=O)[C@H](C)NC(=O)[C@@H]1CCCN1C(=O)CNC(=O)OC(C)(C)C)C(C)O. The van der Waals surface area contributed by atoms with Crippen LogP contribution in [-0.2, 0) is 28.7 Å². The van der Waals surface area contributed by atoms with Gasteiger partial charge in [-0.3, -0.25) is 14.4 Å². The number of esters is 1. The topological polar surface area (TPSA) is 163 Å². The summed E-state index contributed by atoms with van der Waals surface area (Å²) in [5, 5.41) is 16.9.